The van der Waals surface area contributed by atoms with Gasteiger partial charge < -0.3 is 16.0 Å². The van der Waals surface area contributed by atoms with Crippen molar-refractivity contribution in [2.75, 3.05) is 20.6 Å². The minimum atomic E-state index is 0.162. The van der Waals surface area contributed by atoms with Gasteiger partial charge in [-0.1, -0.05) is 0 Å². The quantitative estimate of drug-likeness (QED) is 0.727. The van der Waals surface area contributed by atoms with Crippen LogP contribution in [-0.2, 0) is 4.79 Å². The van der Waals surface area contributed by atoms with Gasteiger partial charge in [-0.25, -0.2) is 0 Å². The molecular weight excluding hydrogens is 202 g/mol. The van der Waals surface area contributed by atoms with E-state index in [1.54, 1.807) is 0 Å². The highest BCUT2D eigenvalue weighted by Crippen LogP contribution is 2.21. The third kappa shape index (κ3) is 4.49. The Hall–Kier alpha value is -0.610. The van der Waals surface area contributed by atoms with Crippen LogP contribution in [0.3, 0.4) is 0 Å². The Morgan fingerprint density at radius 2 is 2.19 bits per heavy atom. The maximum absolute atomic E-state index is 11.6. The fourth-order valence-corrected chi connectivity index (χ4v) is 2.33. The second-order valence-corrected chi connectivity index (χ2v) is 4.94. The third-order valence-corrected chi connectivity index (χ3v) is 3.35. The van der Waals surface area contributed by atoms with E-state index in [0.29, 0.717) is 25.0 Å². The Balaban J connectivity index is 2.28. The molecule has 1 amide bonds. The number of hydrogen-bond donors (Lipinski definition) is 2. The lowest BCUT2D eigenvalue weighted by atomic mass is 9.90. The van der Waals surface area contributed by atoms with Gasteiger partial charge in [-0.2, -0.15) is 0 Å². The average molecular weight is 227 g/mol. The lowest BCUT2D eigenvalue weighted by molar-refractivity contribution is -0.122. The first-order valence-electron chi connectivity index (χ1n) is 6.29. The van der Waals surface area contributed by atoms with Crippen LogP contribution in [0.15, 0.2) is 0 Å². The Morgan fingerprint density at radius 3 is 2.81 bits per heavy atom. The number of carbonyl (C=O) groups excluding carboxylic acids is 1. The topological polar surface area (TPSA) is 58.4 Å². The van der Waals surface area contributed by atoms with Crippen molar-refractivity contribution in [1.29, 1.82) is 0 Å². The van der Waals surface area contributed by atoms with Crippen LogP contribution in [0.5, 0.6) is 0 Å². The molecule has 0 aliphatic heterocycles. The molecule has 0 saturated heterocycles. The van der Waals surface area contributed by atoms with E-state index in [9.17, 15) is 4.79 Å². The molecule has 1 saturated carbocycles. The molecule has 1 fully saturated rings. The molecule has 2 unspecified atom stereocenters. The van der Waals surface area contributed by atoms with Gasteiger partial charge in [0.25, 0.3) is 0 Å². The highest BCUT2D eigenvalue weighted by atomic mass is 16.1. The fourth-order valence-electron chi connectivity index (χ4n) is 2.33. The van der Waals surface area contributed by atoms with Crippen LogP contribution >= 0.6 is 0 Å². The van der Waals surface area contributed by atoms with Crippen molar-refractivity contribution >= 4 is 5.91 Å². The summed E-state index contributed by atoms with van der Waals surface area (Å²) in [6, 6.07) is 0.986. The highest BCUT2D eigenvalue weighted by Gasteiger charge is 2.24. The van der Waals surface area contributed by atoms with Crippen molar-refractivity contribution in [3.05, 3.63) is 0 Å². The van der Waals surface area contributed by atoms with E-state index < -0.39 is 0 Å². The molecule has 0 aromatic rings. The van der Waals surface area contributed by atoms with Crippen molar-refractivity contribution < 1.29 is 4.79 Å². The number of nitrogens with zero attached hydrogens (tertiary/aromatic N) is 1. The average Bonchev–Trinajstić information content (AvgIpc) is 2.26. The monoisotopic (exact) mass is 227 g/mol. The van der Waals surface area contributed by atoms with Gasteiger partial charge in [0.1, 0.15) is 0 Å². The molecule has 94 valence electrons. The minimum absolute atomic E-state index is 0.162. The van der Waals surface area contributed by atoms with E-state index in [4.69, 9.17) is 5.73 Å². The predicted octanol–water partition coefficient (Wildman–Crippen LogP) is 0.714. The van der Waals surface area contributed by atoms with Crippen molar-refractivity contribution in [3.8, 4) is 0 Å². The predicted molar refractivity (Wildman–Crippen MR) is 66.2 cm³/mol. The van der Waals surface area contributed by atoms with Crippen LogP contribution < -0.4 is 11.1 Å². The smallest absolute Gasteiger partial charge is 0.220 e. The Labute approximate surface area is 98.6 Å². The van der Waals surface area contributed by atoms with E-state index in [1.165, 1.54) is 12.8 Å². The summed E-state index contributed by atoms with van der Waals surface area (Å²) in [5.74, 6) is 0.162. The Morgan fingerprint density at radius 1 is 1.44 bits per heavy atom. The molecule has 4 heteroatoms. The summed E-state index contributed by atoms with van der Waals surface area (Å²) >= 11 is 0. The van der Waals surface area contributed by atoms with Crippen LogP contribution in [-0.4, -0.2) is 43.5 Å². The Bertz CT molecular complexity index is 218. The van der Waals surface area contributed by atoms with Crippen molar-refractivity contribution in [1.82, 2.24) is 10.2 Å². The van der Waals surface area contributed by atoms with Gasteiger partial charge in [-0.05, 0) is 52.7 Å². The Kier molecular flexibility index (Phi) is 5.77. The van der Waals surface area contributed by atoms with Gasteiger partial charge in [-0.15, -0.1) is 0 Å². The zero-order valence-corrected chi connectivity index (χ0v) is 10.5. The molecule has 0 bridgehead atoms. The second kappa shape index (κ2) is 6.86. The molecule has 0 spiro atoms. The normalized spacial score (nSPS) is 25.8. The molecule has 0 aromatic carbocycles. The van der Waals surface area contributed by atoms with Crippen LogP contribution in [0.4, 0.5) is 0 Å². The molecule has 1 aliphatic carbocycles. The number of rotatable bonds is 5. The summed E-state index contributed by atoms with van der Waals surface area (Å²) in [6.07, 6.45) is 6.03. The SMILES string of the molecule is CN(C)C1CCCC(NC(=O)CCCN)C1. The van der Waals surface area contributed by atoms with Crippen LogP contribution in [0.25, 0.3) is 0 Å². The maximum atomic E-state index is 11.6. The van der Waals surface area contributed by atoms with Gasteiger partial charge in [0.05, 0.1) is 0 Å². The van der Waals surface area contributed by atoms with E-state index >= 15 is 0 Å². The summed E-state index contributed by atoms with van der Waals surface area (Å²) in [7, 11) is 4.23. The zero-order valence-electron chi connectivity index (χ0n) is 10.5. The summed E-state index contributed by atoms with van der Waals surface area (Å²) in [5, 5.41) is 3.12. The summed E-state index contributed by atoms with van der Waals surface area (Å²) in [4.78, 5) is 13.8. The van der Waals surface area contributed by atoms with Crippen molar-refractivity contribution in [2.45, 2.75) is 50.6 Å². The number of carbonyl (C=O) groups is 1. The number of nitrogens with one attached hydrogen (secondary N) is 1. The van der Waals surface area contributed by atoms with Crippen molar-refractivity contribution in [2.24, 2.45) is 5.73 Å². The van der Waals surface area contributed by atoms with Crippen LogP contribution in [0.1, 0.15) is 38.5 Å². The highest BCUT2D eigenvalue weighted by molar-refractivity contribution is 5.76. The first-order valence-corrected chi connectivity index (χ1v) is 6.29. The molecule has 3 N–H and O–H groups in total. The fraction of sp³-hybridized carbons (Fsp3) is 0.917. The largest absolute Gasteiger partial charge is 0.353 e. The standard InChI is InChI=1S/C12H25N3O/c1-15(2)11-6-3-5-10(9-11)14-12(16)7-4-8-13/h10-11H,3-9,13H2,1-2H3,(H,14,16). The molecule has 4 nitrogen and oxygen atoms in total. The lowest BCUT2D eigenvalue weighted by Gasteiger charge is -2.33. The molecule has 16 heavy (non-hydrogen) atoms. The molecule has 1 rings (SSSR count). The van der Waals surface area contributed by atoms with Gasteiger partial charge in [0.15, 0.2) is 0 Å². The molecule has 1 aliphatic rings. The minimum Gasteiger partial charge on any atom is -0.353 e. The van der Waals surface area contributed by atoms with E-state index in [-0.39, 0.29) is 5.91 Å². The van der Waals surface area contributed by atoms with Gasteiger partial charge in [-0.3, -0.25) is 4.79 Å². The molecular formula is C12H25N3O. The molecule has 0 heterocycles. The summed E-state index contributed by atoms with van der Waals surface area (Å²) in [5.41, 5.74) is 5.39. The number of nitrogens with two attached hydrogens (primary N) is 1. The third-order valence-electron chi connectivity index (χ3n) is 3.35. The number of hydrogen-bond acceptors (Lipinski definition) is 3. The summed E-state index contributed by atoms with van der Waals surface area (Å²) < 4.78 is 0. The molecule has 2 atom stereocenters. The summed E-state index contributed by atoms with van der Waals surface area (Å²) in [6.45, 7) is 0.596. The lowest BCUT2D eigenvalue weighted by Crippen LogP contribution is -2.43. The first-order chi connectivity index (χ1) is 7.63. The van der Waals surface area contributed by atoms with Crippen LogP contribution in [0, 0.1) is 0 Å². The van der Waals surface area contributed by atoms with E-state index in [0.717, 1.165) is 19.3 Å². The first kappa shape index (κ1) is 13.5. The second-order valence-electron chi connectivity index (χ2n) is 4.94. The maximum Gasteiger partial charge on any atom is 0.220 e. The van der Waals surface area contributed by atoms with Gasteiger partial charge >= 0.3 is 0 Å². The number of amides is 1. The van der Waals surface area contributed by atoms with Crippen molar-refractivity contribution in [3.63, 3.8) is 0 Å². The van der Waals surface area contributed by atoms with E-state index in [1.807, 2.05) is 0 Å². The molecule has 0 aromatic heterocycles. The van der Waals surface area contributed by atoms with E-state index in [2.05, 4.69) is 24.3 Å². The molecule has 0 radical (unpaired) electrons. The van der Waals surface area contributed by atoms with Gasteiger partial charge in [0, 0.05) is 18.5 Å². The zero-order chi connectivity index (χ0) is 12.0. The van der Waals surface area contributed by atoms with Crippen LogP contribution in [0.2, 0.25) is 0 Å². The van der Waals surface area contributed by atoms with Gasteiger partial charge in [0.2, 0.25) is 5.91 Å².